The second-order valence-electron chi connectivity index (χ2n) is 4.93. The molecule has 2 N–H and O–H groups in total. The van der Waals surface area contributed by atoms with Gasteiger partial charge in [0.2, 0.25) is 0 Å². The number of methoxy groups -OCH3 is 2. The summed E-state index contributed by atoms with van der Waals surface area (Å²) in [5.41, 5.74) is 0.257. The number of nitrogens with zero attached hydrogens (tertiary/aromatic N) is 2. The maximum atomic E-state index is 12.6. The molecular weight excluding hydrogens is 338 g/mol. The summed E-state index contributed by atoms with van der Waals surface area (Å²) in [6.07, 6.45) is 1.42. The molecule has 2 aromatic rings. The Kier molecular flexibility index (Phi) is 4.69. The lowest BCUT2D eigenvalue weighted by Gasteiger charge is -2.16. The second kappa shape index (κ2) is 6.40. The van der Waals surface area contributed by atoms with E-state index in [4.69, 9.17) is 9.47 Å². The molecule has 10 heteroatoms. The van der Waals surface area contributed by atoms with Gasteiger partial charge in [-0.25, -0.2) is 4.79 Å². The minimum atomic E-state index is -4.01. The van der Waals surface area contributed by atoms with Gasteiger partial charge in [0.1, 0.15) is 0 Å². The molecule has 0 atom stereocenters. The SMILES string of the molecule is COc1cc(C(=O)O)cc(NS(=O)(=O)c2c(C)cnn2C)c1OC. The van der Waals surface area contributed by atoms with Gasteiger partial charge in [-0.1, -0.05) is 0 Å². The molecule has 0 radical (unpaired) electrons. The van der Waals surface area contributed by atoms with Gasteiger partial charge >= 0.3 is 5.97 Å². The molecule has 1 aromatic heterocycles. The zero-order valence-electron chi connectivity index (χ0n) is 13.5. The van der Waals surface area contributed by atoms with E-state index in [1.54, 1.807) is 6.92 Å². The number of sulfonamides is 1. The largest absolute Gasteiger partial charge is 0.493 e. The molecule has 0 saturated carbocycles. The summed E-state index contributed by atoms with van der Waals surface area (Å²) in [5, 5.41) is 13.0. The number of hydrogen-bond donors (Lipinski definition) is 2. The van der Waals surface area contributed by atoms with Crippen molar-refractivity contribution in [1.82, 2.24) is 9.78 Å². The molecule has 9 nitrogen and oxygen atoms in total. The van der Waals surface area contributed by atoms with Crippen LogP contribution in [0.1, 0.15) is 15.9 Å². The third kappa shape index (κ3) is 3.13. The first-order valence-electron chi connectivity index (χ1n) is 6.72. The van der Waals surface area contributed by atoms with Crippen LogP contribution in [0.15, 0.2) is 23.4 Å². The molecule has 1 aromatic carbocycles. The molecule has 130 valence electrons. The number of hydrogen-bond acceptors (Lipinski definition) is 6. The summed E-state index contributed by atoms with van der Waals surface area (Å²) >= 11 is 0. The van der Waals surface area contributed by atoms with Crippen LogP contribution in [0.4, 0.5) is 5.69 Å². The third-order valence-electron chi connectivity index (χ3n) is 3.28. The number of carboxylic acid groups (broad SMARTS) is 1. The van der Waals surface area contributed by atoms with Crippen LogP contribution < -0.4 is 14.2 Å². The van der Waals surface area contributed by atoms with Gasteiger partial charge in [0, 0.05) is 12.6 Å². The summed E-state index contributed by atoms with van der Waals surface area (Å²) in [7, 11) is 0.135. The summed E-state index contributed by atoms with van der Waals surface area (Å²) in [5.74, 6) is -1.06. The zero-order chi connectivity index (χ0) is 18.1. The first kappa shape index (κ1) is 17.6. The van der Waals surface area contributed by atoms with Crippen molar-refractivity contribution in [2.75, 3.05) is 18.9 Å². The van der Waals surface area contributed by atoms with Crippen molar-refractivity contribution in [1.29, 1.82) is 0 Å². The molecule has 0 fully saturated rings. The highest BCUT2D eigenvalue weighted by molar-refractivity contribution is 7.92. The number of nitrogens with one attached hydrogen (secondary N) is 1. The standard InChI is InChI=1S/C14H17N3O6S/c1-8-7-15-17(2)13(8)24(20,21)16-10-5-9(14(18)19)6-11(22-3)12(10)23-4/h5-7,16H,1-4H3,(H,18,19). The van der Waals surface area contributed by atoms with Crippen molar-refractivity contribution in [2.45, 2.75) is 11.9 Å². The molecule has 0 aliphatic rings. The summed E-state index contributed by atoms with van der Waals surface area (Å²) in [6, 6.07) is 2.40. The number of rotatable bonds is 6. The average molecular weight is 355 g/mol. The van der Waals surface area contributed by atoms with Crippen molar-refractivity contribution in [3.05, 3.63) is 29.5 Å². The number of aryl methyl sites for hydroxylation is 2. The fraction of sp³-hybridized carbons (Fsp3) is 0.286. The molecule has 0 amide bonds. The van der Waals surface area contributed by atoms with E-state index in [9.17, 15) is 18.3 Å². The fourth-order valence-electron chi connectivity index (χ4n) is 2.28. The Hall–Kier alpha value is -2.75. The van der Waals surface area contributed by atoms with E-state index in [0.717, 1.165) is 6.07 Å². The predicted octanol–water partition coefficient (Wildman–Crippen LogP) is 1.24. The van der Waals surface area contributed by atoms with Crippen LogP contribution in [0.25, 0.3) is 0 Å². The third-order valence-corrected chi connectivity index (χ3v) is 4.86. The lowest BCUT2D eigenvalue weighted by molar-refractivity contribution is 0.0696. The van der Waals surface area contributed by atoms with Crippen LogP contribution in [0.2, 0.25) is 0 Å². The topological polar surface area (TPSA) is 120 Å². The second-order valence-corrected chi connectivity index (χ2v) is 6.52. The molecule has 0 unspecified atom stereocenters. The molecule has 24 heavy (non-hydrogen) atoms. The van der Waals surface area contributed by atoms with Crippen molar-refractivity contribution >= 4 is 21.7 Å². The summed E-state index contributed by atoms with van der Waals surface area (Å²) in [6.45, 7) is 1.60. The molecular formula is C14H17N3O6S. The normalized spacial score (nSPS) is 11.2. The molecule has 0 aliphatic heterocycles. The number of anilines is 1. The quantitative estimate of drug-likeness (QED) is 0.800. The van der Waals surface area contributed by atoms with E-state index in [1.165, 1.54) is 38.2 Å². The van der Waals surface area contributed by atoms with E-state index in [1.807, 2.05) is 0 Å². The lowest BCUT2D eigenvalue weighted by Crippen LogP contribution is -2.18. The van der Waals surface area contributed by atoms with Crippen LogP contribution in [-0.4, -0.2) is 43.5 Å². The van der Waals surface area contributed by atoms with E-state index in [-0.39, 0.29) is 27.8 Å². The molecule has 2 rings (SSSR count). The average Bonchev–Trinajstić information content (AvgIpc) is 2.85. The Morgan fingerprint density at radius 2 is 1.96 bits per heavy atom. The summed E-state index contributed by atoms with van der Waals surface area (Å²) in [4.78, 5) is 11.2. The van der Waals surface area contributed by atoms with E-state index >= 15 is 0 Å². The Labute approximate surface area is 138 Å². The first-order valence-corrected chi connectivity index (χ1v) is 8.20. The maximum absolute atomic E-state index is 12.6. The van der Waals surface area contributed by atoms with Gasteiger partial charge in [-0.3, -0.25) is 9.40 Å². The Balaban J connectivity index is 2.60. The lowest BCUT2D eigenvalue weighted by atomic mass is 10.1. The number of aromatic nitrogens is 2. The van der Waals surface area contributed by atoms with Crippen molar-refractivity contribution in [3.8, 4) is 11.5 Å². The monoisotopic (exact) mass is 355 g/mol. The van der Waals surface area contributed by atoms with Crippen LogP contribution in [0.3, 0.4) is 0 Å². The number of benzene rings is 1. The molecule has 0 aliphatic carbocycles. The Morgan fingerprint density at radius 1 is 1.29 bits per heavy atom. The number of ether oxygens (including phenoxy) is 2. The Morgan fingerprint density at radius 3 is 2.42 bits per heavy atom. The first-order chi connectivity index (χ1) is 11.2. The minimum absolute atomic E-state index is 0.0377. The van der Waals surface area contributed by atoms with Crippen LogP contribution in [0.5, 0.6) is 11.5 Å². The van der Waals surface area contributed by atoms with Crippen LogP contribution in [-0.2, 0) is 17.1 Å². The van der Waals surface area contributed by atoms with Crippen molar-refractivity contribution in [2.24, 2.45) is 7.05 Å². The number of aromatic carboxylic acids is 1. The van der Waals surface area contributed by atoms with E-state index < -0.39 is 16.0 Å². The van der Waals surface area contributed by atoms with E-state index in [0.29, 0.717) is 5.56 Å². The van der Waals surface area contributed by atoms with Gasteiger partial charge in [-0.15, -0.1) is 0 Å². The number of carbonyl (C=O) groups is 1. The maximum Gasteiger partial charge on any atom is 0.335 e. The van der Waals surface area contributed by atoms with Gasteiger partial charge < -0.3 is 14.6 Å². The number of carboxylic acids is 1. The van der Waals surface area contributed by atoms with E-state index in [2.05, 4.69) is 9.82 Å². The molecule has 0 spiro atoms. The van der Waals surface area contributed by atoms with Crippen LogP contribution >= 0.6 is 0 Å². The molecule has 0 saturated heterocycles. The van der Waals surface area contributed by atoms with Gasteiger partial charge in [-0.2, -0.15) is 13.5 Å². The van der Waals surface area contributed by atoms with Crippen LogP contribution in [0, 0.1) is 6.92 Å². The predicted molar refractivity (Wildman–Crippen MR) is 85.3 cm³/mol. The van der Waals surface area contributed by atoms with Gasteiger partial charge in [0.25, 0.3) is 10.0 Å². The molecule has 1 heterocycles. The van der Waals surface area contributed by atoms with Crippen molar-refractivity contribution in [3.63, 3.8) is 0 Å². The van der Waals surface area contributed by atoms with Gasteiger partial charge in [0.05, 0.1) is 31.7 Å². The highest BCUT2D eigenvalue weighted by Crippen LogP contribution is 2.37. The zero-order valence-corrected chi connectivity index (χ0v) is 14.3. The van der Waals surface area contributed by atoms with Gasteiger partial charge in [0.15, 0.2) is 16.5 Å². The fourth-order valence-corrected chi connectivity index (χ4v) is 3.69. The minimum Gasteiger partial charge on any atom is -0.493 e. The molecule has 0 bridgehead atoms. The Bertz CT molecular complexity index is 869. The summed E-state index contributed by atoms with van der Waals surface area (Å²) < 4.78 is 39.1. The van der Waals surface area contributed by atoms with Crippen molar-refractivity contribution < 1.29 is 27.8 Å². The highest BCUT2D eigenvalue weighted by Gasteiger charge is 2.25. The smallest absolute Gasteiger partial charge is 0.335 e. The van der Waals surface area contributed by atoms with Gasteiger partial charge in [-0.05, 0) is 19.1 Å². The highest BCUT2D eigenvalue weighted by atomic mass is 32.2.